The van der Waals surface area contributed by atoms with Gasteiger partial charge in [-0.1, -0.05) is 5.21 Å². The average molecular weight is 268 g/mol. The summed E-state index contributed by atoms with van der Waals surface area (Å²) in [6.45, 7) is 1.57. The molecular formula is C11H16N4O4. The van der Waals surface area contributed by atoms with Crippen LogP contribution < -0.4 is 5.32 Å². The summed E-state index contributed by atoms with van der Waals surface area (Å²) >= 11 is 0. The number of aliphatic hydroxyl groups excluding tert-OH is 1. The van der Waals surface area contributed by atoms with Gasteiger partial charge < -0.3 is 15.2 Å². The minimum Gasteiger partial charge on any atom is -0.467 e. The molecule has 2 rings (SSSR count). The first-order chi connectivity index (χ1) is 9.02. The van der Waals surface area contributed by atoms with Crippen LogP contribution in [0.1, 0.15) is 37.6 Å². The van der Waals surface area contributed by atoms with E-state index < -0.39 is 24.2 Å². The lowest BCUT2D eigenvalue weighted by Crippen LogP contribution is -2.49. The SMILES string of the molecule is COC(=O)C1CCC(n2cc(C(C)O)nn2)C(=O)N1. The number of nitrogens with zero attached hydrogens (tertiary/aromatic N) is 3. The first-order valence-corrected chi connectivity index (χ1v) is 6.01. The monoisotopic (exact) mass is 268 g/mol. The van der Waals surface area contributed by atoms with Gasteiger partial charge in [-0.05, 0) is 19.8 Å². The van der Waals surface area contributed by atoms with Gasteiger partial charge in [0.1, 0.15) is 17.8 Å². The number of methoxy groups -OCH3 is 1. The summed E-state index contributed by atoms with van der Waals surface area (Å²) in [4.78, 5) is 23.3. The van der Waals surface area contributed by atoms with Crippen LogP contribution in [-0.4, -0.2) is 45.1 Å². The molecular weight excluding hydrogens is 252 g/mol. The van der Waals surface area contributed by atoms with Crippen LogP contribution in [0, 0.1) is 0 Å². The molecule has 1 aromatic rings. The van der Waals surface area contributed by atoms with Crippen molar-refractivity contribution >= 4 is 11.9 Å². The number of ether oxygens (including phenoxy) is 1. The molecule has 0 bridgehead atoms. The Kier molecular flexibility index (Phi) is 3.79. The minimum absolute atomic E-state index is 0.302. The molecule has 0 radical (unpaired) electrons. The maximum Gasteiger partial charge on any atom is 0.328 e. The normalized spacial score (nSPS) is 24.7. The van der Waals surface area contributed by atoms with Crippen molar-refractivity contribution in [1.29, 1.82) is 0 Å². The van der Waals surface area contributed by atoms with Gasteiger partial charge in [-0.25, -0.2) is 9.48 Å². The molecule has 0 aromatic carbocycles. The van der Waals surface area contributed by atoms with Crippen molar-refractivity contribution < 1.29 is 19.4 Å². The third kappa shape index (κ3) is 2.73. The highest BCUT2D eigenvalue weighted by molar-refractivity contribution is 5.87. The van der Waals surface area contributed by atoms with Gasteiger partial charge in [-0.2, -0.15) is 0 Å². The van der Waals surface area contributed by atoms with E-state index in [2.05, 4.69) is 20.4 Å². The zero-order chi connectivity index (χ0) is 14.0. The maximum absolute atomic E-state index is 11.9. The summed E-state index contributed by atoms with van der Waals surface area (Å²) in [5, 5.41) is 19.6. The highest BCUT2D eigenvalue weighted by Crippen LogP contribution is 2.21. The van der Waals surface area contributed by atoms with E-state index in [0.29, 0.717) is 18.5 Å². The van der Waals surface area contributed by atoms with Gasteiger partial charge in [0.05, 0.1) is 19.4 Å². The lowest BCUT2D eigenvalue weighted by molar-refractivity contribution is -0.147. The van der Waals surface area contributed by atoms with Crippen molar-refractivity contribution in [3.8, 4) is 0 Å². The third-order valence-corrected chi connectivity index (χ3v) is 3.11. The maximum atomic E-state index is 11.9. The van der Waals surface area contributed by atoms with Gasteiger partial charge in [0.15, 0.2) is 0 Å². The fourth-order valence-corrected chi connectivity index (χ4v) is 2.00. The van der Waals surface area contributed by atoms with Crippen LogP contribution in [0.15, 0.2) is 6.20 Å². The van der Waals surface area contributed by atoms with Crippen LogP contribution in [0.3, 0.4) is 0 Å². The molecule has 0 aliphatic carbocycles. The van der Waals surface area contributed by atoms with E-state index in [4.69, 9.17) is 0 Å². The summed E-state index contributed by atoms with van der Waals surface area (Å²) in [5.41, 5.74) is 0.405. The second-order valence-electron chi connectivity index (χ2n) is 4.48. The summed E-state index contributed by atoms with van der Waals surface area (Å²) in [7, 11) is 1.28. The first-order valence-electron chi connectivity index (χ1n) is 6.01. The third-order valence-electron chi connectivity index (χ3n) is 3.11. The fraction of sp³-hybridized carbons (Fsp3) is 0.636. The lowest BCUT2D eigenvalue weighted by Gasteiger charge is -2.27. The minimum atomic E-state index is -0.733. The molecule has 8 nitrogen and oxygen atoms in total. The molecule has 8 heteroatoms. The number of nitrogens with one attached hydrogen (secondary N) is 1. The molecule has 1 aliphatic heterocycles. The Labute approximate surface area is 109 Å². The Bertz CT molecular complexity index is 485. The average Bonchev–Trinajstić information content (AvgIpc) is 2.87. The zero-order valence-corrected chi connectivity index (χ0v) is 10.7. The number of amides is 1. The smallest absolute Gasteiger partial charge is 0.328 e. The van der Waals surface area contributed by atoms with Gasteiger partial charge >= 0.3 is 5.97 Å². The number of carbonyl (C=O) groups excluding carboxylic acids is 2. The molecule has 0 saturated carbocycles. The summed E-state index contributed by atoms with van der Waals surface area (Å²) in [6.07, 6.45) is 1.75. The van der Waals surface area contributed by atoms with E-state index >= 15 is 0 Å². The highest BCUT2D eigenvalue weighted by atomic mass is 16.5. The van der Waals surface area contributed by atoms with Crippen LogP contribution in [0.25, 0.3) is 0 Å². The lowest BCUT2D eigenvalue weighted by atomic mass is 10.0. The van der Waals surface area contributed by atoms with E-state index in [1.54, 1.807) is 6.92 Å². The Morgan fingerprint density at radius 3 is 2.89 bits per heavy atom. The first kappa shape index (κ1) is 13.5. The zero-order valence-electron chi connectivity index (χ0n) is 10.7. The Balaban J connectivity index is 2.07. The quantitative estimate of drug-likeness (QED) is 0.704. The summed E-state index contributed by atoms with van der Waals surface area (Å²) in [5.74, 6) is -0.751. The number of aliphatic hydroxyl groups is 1. The molecule has 2 heterocycles. The molecule has 1 amide bonds. The molecule has 3 atom stereocenters. The van der Waals surface area contributed by atoms with E-state index in [0.717, 1.165) is 0 Å². The Morgan fingerprint density at radius 1 is 1.63 bits per heavy atom. The van der Waals surface area contributed by atoms with Crippen LogP contribution >= 0.6 is 0 Å². The fourth-order valence-electron chi connectivity index (χ4n) is 2.00. The number of piperidine rings is 1. The number of hydrogen-bond donors (Lipinski definition) is 2. The standard InChI is InChI=1S/C11H16N4O4/c1-6(16)8-5-15(14-13-8)9-4-3-7(11(18)19-2)12-10(9)17/h5-7,9,16H,3-4H2,1-2H3,(H,12,17). The van der Waals surface area contributed by atoms with Gasteiger partial charge in [0.2, 0.25) is 5.91 Å². The van der Waals surface area contributed by atoms with Crippen molar-refractivity contribution in [2.45, 2.75) is 38.0 Å². The predicted molar refractivity (Wildman–Crippen MR) is 62.9 cm³/mol. The molecule has 3 unspecified atom stereocenters. The largest absolute Gasteiger partial charge is 0.467 e. The molecule has 0 spiro atoms. The molecule has 2 N–H and O–H groups in total. The van der Waals surface area contributed by atoms with Crippen molar-refractivity contribution in [3.05, 3.63) is 11.9 Å². The van der Waals surface area contributed by atoms with Crippen LogP contribution in [0.2, 0.25) is 0 Å². The van der Waals surface area contributed by atoms with Crippen LogP contribution in [0.4, 0.5) is 0 Å². The van der Waals surface area contributed by atoms with Crippen molar-refractivity contribution in [3.63, 3.8) is 0 Å². The van der Waals surface area contributed by atoms with Gasteiger partial charge in [-0.3, -0.25) is 4.79 Å². The second kappa shape index (κ2) is 5.35. The van der Waals surface area contributed by atoms with Crippen LogP contribution in [-0.2, 0) is 14.3 Å². The van der Waals surface area contributed by atoms with Crippen molar-refractivity contribution in [1.82, 2.24) is 20.3 Å². The van der Waals surface area contributed by atoms with Crippen LogP contribution in [0.5, 0.6) is 0 Å². The van der Waals surface area contributed by atoms with Gasteiger partial charge in [0, 0.05) is 0 Å². The van der Waals surface area contributed by atoms with Gasteiger partial charge in [-0.15, -0.1) is 5.10 Å². The van der Waals surface area contributed by atoms with Gasteiger partial charge in [0.25, 0.3) is 0 Å². The summed E-state index contributed by atoms with van der Waals surface area (Å²) < 4.78 is 6.00. The second-order valence-corrected chi connectivity index (χ2v) is 4.48. The number of aromatic nitrogens is 3. The van der Waals surface area contributed by atoms with E-state index in [-0.39, 0.29) is 5.91 Å². The molecule has 1 aliphatic rings. The summed E-state index contributed by atoms with van der Waals surface area (Å²) in [6, 6.07) is -1.12. The van der Waals surface area contributed by atoms with Crippen molar-refractivity contribution in [2.24, 2.45) is 0 Å². The van der Waals surface area contributed by atoms with E-state index in [1.165, 1.54) is 18.0 Å². The molecule has 1 aromatic heterocycles. The highest BCUT2D eigenvalue weighted by Gasteiger charge is 2.34. The number of hydrogen-bond acceptors (Lipinski definition) is 6. The molecule has 104 valence electrons. The predicted octanol–water partition coefficient (Wildman–Crippen LogP) is -0.676. The topological polar surface area (TPSA) is 106 Å². The van der Waals surface area contributed by atoms with E-state index in [1.807, 2.05) is 0 Å². The molecule has 19 heavy (non-hydrogen) atoms. The number of rotatable bonds is 3. The van der Waals surface area contributed by atoms with E-state index in [9.17, 15) is 14.7 Å². The Hall–Kier alpha value is -1.96. The number of esters is 1. The molecule has 1 saturated heterocycles. The number of carbonyl (C=O) groups is 2. The Morgan fingerprint density at radius 2 is 2.37 bits per heavy atom. The van der Waals surface area contributed by atoms with Crippen molar-refractivity contribution in [2.75, 3.05) is 7.11 Å². The molecule has 1 fully saturated rings.